The lowest BCUT2D eigenvalue weighted by Crippen LogP contribution is -1.91. The zero-order chi connectivity index (χ0) is 11.4. The SMILES string of the molecule is COc1ccc(Oc2n[c]co2)cc1OC. The lowest BCUT2D eigenvalue weighted by atomic mass is 10.3. The Kier molecular flexibility index (Phi) is 2.95. The van der Waals surface area contributed by atoms with Crippen molar-refractivity contribution < 1.29 is 18.6 Å². The highest BCUT2D eigenvalue weighted by Crippen LogP contribution is 2.32. The van der Waals surface area contributed by atoms with E-state index in [-0.39, 0.29) is 6.08 Å². The highest BCUT2D eigenvalue weighted by molar-refractivity contribution is 5.45. The van der Waals surface area contributed by atoms with Crippen LogP contribution in [0.25, 0.3) is 0 Å². The van der Waals surface area contributed by atoms with Gasteiger partial charge >= 0.3 is 6.08 Å². The van der Waals surface area contributed by atoms with Crippen molar-refractivity contribution in [3.63, 3.8) is 0 Å². The number of aromatic nitrogens is 1. The van der Waals surface area contributed by atoms with Gasteiger partial charge in [-0.15, -0.1) is 0 Å². The van der Waals surface area contributed by atoms with Crippen LogP contribution in [0.15, 0.2) is 28.9 Å². The standard InChI is InChI=1S/C11H10NO4/c1-13-9-4-3-8(7-10(9)14-2)16-11-12-5-6-15-11/h3-4,6-7H,1-2H3. The van der Waals surface area contributed by atoms with Gasteiger partial charge in [0, 0.05) is 6.07 Å². The molecule has 1 radical (unpaired) electrons. The molecule has 0 atom stereocenters. The van der Waals surface area contributed by atoms with Gasteiger partial charge in [0.25, 0.3) is 0 Å². The van der Waals surface area contributed by atoms with Crippen molar-refractivity contribution in [1.29, 1.82) is 0 Å². The summed E-state index contributed by atoms with van der Waals surface area (Å²) >= 11 is 0. The Morgan fingerprint density at radius 1 is 1.19 bits per heavy atom. The maximum atomic E-state index is 5.32. The number of ether oxygens (including phenoxy) is 3. The van der Waals surface area contributed by atoms with Gasteiger partial charge in [-0.25, -0.2) is 0 Å². The van der Waals surface area contributed by atoms with Crippen LogP contribution in [0.2, 0.25) is 0 Å². The minimum atomic E-state index is 0.132. The number of benzene rings is 1. The Morgan fingerprint density at radius 2 is 2.00 bits per heavy atom. The number of methoxy groups -OCH3 is 2. The van der Waals surface area contributed by atoms with Crippen LogP contribution >= 0.6 is 0 Å². The number of oxazole rings is 1. The lowest BCUT2D eigenvalue weighted by molar-refractivity contribution is 0.323. The summed E-state index contributed by atoms with van der Waals surface area (Å²) in [6.07, 6.45) is 3.95. The third-order valence-electron chi connectivity index (χ3n) is 1.93. The van der Waals surface area contributed by atoms with Gasteiger partial charge in [0.1, 0.15) is 18.2 Å². The van der Waals surface area contributed by atoms with E-state index < -0.39 is 0 Å². The zero-order valence-corrected chi connectivity index (χ0v) is 8.89. The Morgan fingerprint density at radius 3 is 2.62 bits per heavy atom. The van der Waals surface area contributed by atoms with E-state index >= 15 is 0 Å². The van der Waals surface area contributed by atoms with Crippen molar-refractivity contribution in [2.45, 2.75) is 0 Å². The largest absolute Gasteiger partial charge is 0.493 e. The molecule has 0 bridgehead atoms. The summed E-state index contributed by atoms with van der Waals surface area (Å²) in [6, 6.07) is 5.15. The summed E-state index contributed by atoms with van der Waals surface area (Å²) in [6.45, 7) is 0. The second-order valence-electron chi connectivity index (χ2n) is 2.86. The Labute approximate surface area is 92.6 Å². The molecule has 1 aromatic heterocycles. The van der Waals surface area contributed by atoms with E-state index in [1.54, 1.807) is 32.4 Å². The first kappa shape index (κ1) is 10.4. The molecule has 0 saturated heterocycles. The number of nitrogens with zero attached hydrogens (tertiary/aromatic N) is 1. The summed E-state index contributed by atoms with van der Waals surface area (Å²) in [5, 5.41) is 0. The molecule has 2 rings (SSSR count). The van der Waals surface area contributed by atoms with E-state index in [1.165, 1.54) is 6.26 Å². The molecule has 5 heteroatoms. The minimum Gasteiger partial charge on any atom is -0.493 e. The minimum absolute atomic E-state index is 0.132. The highest BCUT2D eigenvalue weighted by atomic mass is 16.6. The van der Waals surface area contributed by atoms with Crippen molar-refractivity contribution >= 4 is 0 Å². The zero-order valence-electron chi connectivity index (χ0n) is 8.89. The molecule has 0 aliphatic rings. The molecule has 1 heterocycles. The van der Waals surface area contributed by atoms with Crippen LogP contribution < -0.4 is 14.2 Å². The fourth-order valence-electron chi connectivity index (χ4n) is 1.21. The second kappa shape index (κ2) is 4.57. The normalized spacial score (nSPS) is 9.88. The maximum absolute atomic E-state index is 5.32. The van der Waals surface area contributed by atoms with Gasteiger partial charge in [0.05, 0.1) is 14.2 Å². The molecule has 0 fully saturated rings. The molecule has 0 spiro atoms. The Balaban J connectivity index is 2.22. The first-order chi connectivity index (χ1) is 7.83. The van der Waals surface area contributed by atoms with Gasteiger partial charge in [0.2, 0.25) is 0 Å². The predicted molar refractivity (Wildman–Crippen MR) is 55.0 cm³/mol. The topological polar surface area (TPSA) is 53.7 Å². The lowest BCUT2D eigenvalue weighted by Gasteiger charge is -2.08. The molecule has 2 aromatic rings. The van der Waals surface area contributed by atoms with Crippen molar-refractivity contribution in [3.8, 4) is 23.3 Å². The summed E-state index contributed by atoms with van der Waals surface area (Å²) in [5.74, 6) is 1.76. The molecule has 0 amide bonds. The van der Waals surface area contributed by atoms with Crippen LogP contribution in [0.1, 0.15) is 0 Å². The van der Waals surface area contributed by atoms with Gasteiger partial charge in [-0.05, 0) is 12.1 Å². The van der Waals surface area contributed by atoms with E-state index in [0.29, 0.717) is 17.2 Å². The van der Waals surface area contributed by atoms with Gasteiger partial charge < -0.3 is 18.6 Å². The third-order valence-corrected chi connectivity index (χ3v) is 1.93. The first-order valence-electron chi connectivity index (χ1n) is 4.55. The van der Waals surface area contributed by atoms with Crippen LogP contribution in [0.4, 0.5) is 0 Å². The number of rotatable bonds is 4. The van der Waals surface area contributed by atoms with Gasteiger partial charge in [-0.1, -0.05) is 0 Å². The average Bonchev–Trinajstić information content (AvgIpc) is 2.81. The van der Waals surface area contributed by atoms with E-state index in [2.05, 4.69) is 11.2 Å². The molecule has 5 nitrogen and oxygen atoms in total. The van der Waals surface area contributed by atoms with Crippen molar-refractivity contribution in [2.75, 3.05) is 14.2 Å². The summed E-state index contributed by atoms with van der Waals surface area (Å²) in [7, 11) is 3.13. The first-order valence-corrected chi connectivity index (χ1v) is 4.55. The number of hydrogen-bond acceptors (Lipinski definition) is 5. The predicted octanol–water partition coefficient (Wildman–Crippen LogP) is 2.28. The number of hydrogen-bond donors (Lipinski definition) is 0. The van der Waals surface area contributed by atoms with Crippen LogP contribution in [-0.2, 0) is 0 Å². The van der Waals surface area contributed by atoms with E-state index in [1.807, 2.05) is 0 Å². The monoisotopic (exact) mass is 220 g/mol. The van der Waals surface area contributed by atoms with Crippen LogP contribution in [0.5, 0.6) is 23.3 Å². The quantitative estimate of drug-likeness (QED) is 0.791. The summed E-state index contributed by atoms with van der Waals surface area (Å²) in [5.41, 5.74) is 0. The van der Waals surface area contributed by atoms with Crippen LogP contribution in [-0.4, -0.2) is 19.2 Å². The van der Waals surface area contributed by atoms with Crippen LogP contribution in [0.3, 0.4) is 0 Å². The Bertz CT molecular complexity index is 453. The second-order valence-corrected chi connectivity index (χ2v) is 2.86. The molecule has 83 valence electrons. The molecular weight excluding hydrogens is 210 g/mol. The van der Waals surface area contributed by atoms with Gasteiger partial charge in [-0.2, -0.15) is 4.98 Å². The summed E-state index contributed by atoms with van der Waals surface area (Å²) in [4.78, 5) is 3.72. The van der Waals surface area contributed by atoms with Crippen molar-refractivity contribution in [2.24, 2.45) is 0 Å². The maximum Gasteiger partial charge on any atom is 0.399 e. The van der Waals surface area contributed by atoms with E-state index in [9.17, 15) is 0 Å². The van der Waals surface area contributed by atoms with E-state index in [0.717, 1.165) is 0 Å². The molecule has 1 aromatic carbocycles. The van der Waals surface area contributed by atoms with Gasteiger partial charge in [0.15, 0.2) is 11.5 Å². The highest BCUT2D eigenvalue weighted by Gasteiger charge is 2.07. The smallest absolute Gasteiger partial charge is 0.399 e. The fraction of sp³-hybridized carbons (Fsp3) is 0.182. The molecule has 16 heavy (non-hydrogen) atoms. The molecule has 0 saturated carbocycles. The molecule has 0 aliphatic carbocycles. The van der Waals surface area contributed by atoms with E-state index in [4.69, 9.17) is 18.6 Å². The van der Waals surface area contributed by atoms with Crippen molar-refractivity contribution in [1.82, 2.24) is 4.98 Å². The molecular formula is C11H10NO4. The fourth-order valence-corrected chi connectivity index (χ4v) is 1.21. The molecule has 0 unspecified atom stereocenters. The molecule has 0 N–H and O–H groups in total. The molecule has 0 aliphatic heterocycles. The average molecular weight is 220 g/mol. The Hall–Kier alpha value is -2.17. The van der Waals surface area contributed by atoms with Crippen LogP contribution in [0, 0.1) is 6.20 Å². The summed E-state index contributed by atoms with van der Waals surface area (Å²) < 4.78 is 20.5. The third kappa shape index (κ3) is 2.08. The van der Waals surface area contributed by atoms with Gasteiger partial charge in [-0.3, -0.25) is 0 Å². The van der Waals surface area contributed by atoms with Crippen molar-refractivity contribution in [3.05, 3.63) is 30.7 Å².